The number of pyridine rings is 1. The second-order valence-corrected chi connectivity index (χ2v) is 6.06. The van der Waals surface area contributed by atoms with Gasteiger partial charge in [-0.1, -0.05) is 0 Å². The highest BCUT2D eigenvalue weighted by Gasteiger charge is 2.27. The number of aromatic nitrogens is 3. The number of nitrogens with zero attached hydrogens (tertiary/aromatic N) is 4. The number of hydrogen-bond acceptors (Lipinski definition) is 4. The molecule has 24 heavy (non-hydrogen) atoms. The van der Waals surface area contributed by atoms with E-state index >= 15 is 0 Å². The first-order chi connectivity index (χ1) is 11.5. The maximum Gasteiger partial charge on any atom is 0.325 e. The summed E-state index contributed by atoms with van der Waals surface area (Å²) in [5.74, 6) is -0.790. The van der Waals surface area contributed by atoms with E-state index in [0.29, 0.717) is 12.1 Å². The fraction of sp³-hybridized carbons (Fsp3) is 0.412. The molecule has 3 heterocycles. The molecule has 0 saturated carbocycles. The van der Waals surface area contributed by atoms with Crippen LogP contribution < -0.4 is 0 Å². The summed E-state index contributed by atoms with van der Waals surface area (Å²) in [4.78, 5) is 29.5. The Morgan fingerprint density at radius 1 is 1.38 bits per heavy atom. The van der Waals surface area contributed by atoms with Gasteiger partial charge in [0.25, 0.3) is 5.91 Å². The SMILES string of the molecule is Cc1ncccc1C(=O)N1CCC[C@@H](c2ccn(CC(=O)O)n2)C1. The minimum absolute atomic E-state index is 0.00438. The second-order valence-electron chi connectivity index (χ2n) is 6.06. The van der Waals surface area contributed by atoms with Crippen LogP contribution in [0.15, 0.2) is 30.6 Å². The highest BCUT2D eigenvalue weighted by molar-refractivity contribution is 5.95. The molecule has 0 unspecified atom stereocenters. The van der Waals surface area contributed by atoms with Crippen molar-refractivity contribution in [3.63, 3.8) is 0 Å². The van der Waals surface area contributed by atoms with Crippen molar-refractivity contribution in [2.45, 2.75) is 32.2 Å². The second kappa shape index (κ2) is 6.82. The van der Waals surface area contributed by atoms with E-state index in [-0.39, 0.29) is 18.4 Å². The highest BCUT2D eigenvalue weighted by Crippen LogP contribution is 2.26. The van der Waals surface area contributed by atoms with Crippen LogP contribution in [0, 0.1) is 6.92 Å². The lowest BCUT2D eigenvalue weighted by Crippen LogP contribution is -2.39. The van der Waals surface area contributed by atoms with Gasteiger partial charge in [-0.15, -0.1) is 0 Å². The van der Waals surface area contributed by atoms with E-state index in [1.165, 1.54) is 4.68 Å². The minimum atomic E-state index is -0.919. The zero-order valence-corrected chi connectivity index (χ0v) is 13.6. The number of carbonyl (C=O) groups excluding carboxylic acids is 1. The molecule has 1 aliphatic rings. The van der Waals surface area contributed by atoms with Crippen LogP contribution in [0.25, 0.3) is 0 Å². The zero-order valence-electron chi connectivity index (χ0n) is 13.6. The van der Waals surface area contributed by atoms with E-state index in [1.807, 2.05) is 17.9 Å². The van der Waals surface area contributed by atoms with Gasteiger partial charge in [-0.2, -0.15) is 5.10 Å². The van der Waals surface area contributed by atoms with E-state index in [4.69, 9.17) is 5.11 Å². The van der Waals surface area contributed by atoms with Crippen LogP contribution in [0.1, 0.15) is 40.5 Å². The summed E-state index contributed by atoms with van der Waals surface area (Å²) in [6, 6.07) is 5.42. The number of hydrogen-bond donors (Lipinski definition) is 1. The van der Waals surface area contributed by atoms with Crippen molar-refractivity contribution in [1.82, 2.24) is 19.7 Å². The number of aryl methyl sites for hydroxylation is 1. The van der Waals surface area contributed by atoms with E-state index in [0.717, 1.165) is 30.8 Å². The predicted octanol–water partition coefficient (Wildman–Crippen LogP) is 1.69. The van der Waals surface area contributed by atoms with Crippen molar-refractivity contribution in [2.75, 3.05) is 13.1 Å². The van der Waals surface area contributed by atoms with E-state index < -0.39 is 5.97 Å². The average Bonchev–Trinajstić information content (AvgIpc) is 3.02. The number of piperidine rings is 1. The average molecular weight is 328 g/mol. The summed E-state index contributed by atoms with van der Waals surface area (Å²) < 4.78 is 1.42. The number of rotatable bonds is 4. The Kier molecular flexibility index (Phi) is 4.59. The summed E-state index contributed by atoms with van der Waals surface area (Å²) in [5.41, 5.74) is 2.21. The summed E-state index contributed by atoms with van der Waals surface area (Å²) in [6.07, 6.45) is 5.21. The van der Waals surface area contributed by atoms with Gasteiger partial charge in [0.1, 0.15) is 6.54 Å². The number of amides is 1. The monoisotopic (exact) mass is 328 g/mol. The molecule has 0 aliphatic carbocycles. The molecule has 2 aromatic rings. The van der Waals surface area contributed by atoms with E-state index in [1.54, 1.807) is 24.5 Å². The van der Waals surface area contributed by atoms with Gasteiger partial charge in [-0.3, -0.25) is 19.3 Å². The van der Waals surface area contributed by atoms with Gasteiger partial charge < -0.3 is 10.0 Å². The molecule has 0 aromatic carbocycles. The minimum Gasteiger partial charge on any atom is -0.480 e. The van der Waals surface area contributed by atoms with Crippen molar-refractivity contribution < 1.29 is 14.7 Å². The number of carboxylic acids is 1. The maximum atomic E-state index is 12.7. The van der Waals surface area contributed by atoms with Gasteiger partial charge in [-0.05, 0) is 38.0 Å². The van der Waals surface area contributed by atoms with Crippen molar-refractivity contribution in [2.24, 2.45) is 0 Å². The molecule has 1 atom stereocenters. The first-order valence-electron chi connectivity index (χ1n) is 8.00. The lowest BCUT2D eigenvalue weighted by Gasteiger charge is -2.32. The Bertz CT molecular complexity index is 756. The lowest BCUT2D eigenvalue weighted by molar-refractivity contribution is -0.137. The topological polar surface area (TPSA) is 88.3 Å². The van der Waals surface area contributed by atoms with Gasteiger partial charge in [0.05, 0.1) is 11.3 Å². The molecular weight excluding hydrogens is 308 g/mol. The number of likely N-dealkylation sites (tertiary alicyclic amines) is 1. The first-order valence-corrected chi connectivity index (χ1v) is 8.00. The number of aliphatic carboxylic acids is 1. The Morgan fingerprint density at radius 3 is 2.96 bits per heavy atom. The molecule has 1 fully saturated rings. The normalized spacial score (nSPS) is 17.7. The summed E-state index contributed by atoms with van der Waals surface area (Å²) in [6.45, 7) is 3.00. The van der Waals surface area contributed by atoms with E-state index in [9.17, 15) is 9.59 Å². The molecule has 1 saturated heterocycles. The molecule has 126 valence electrons. The van der Waals surface area contributed by atoms with Gasteiger partial charge in [0.2, 0.25) is 0 Å². The molecule has 2 aromatic heterocycles. The molecule has 7 heteroatoms. The zero-order chi connectivity index (χ0) is 17.1. The third-order valence-electron chi connectivity index (χ3n) is 4.32. The van der Waals surface area contributed by atoms with E-state index in [2.05, 4.69) is 10.1 Å². The molecular formula is C17H20N4O3. The van der Waals surface area contributed by atoms with Crippen molar-refractivity contribution in [1.29, 1.82) is 0 Å². The summed E-state index contributed by atoms with van der Waals surface area (Å²) in [5, 5.41) is 13.2. The molecule has 1 aliphatic heterocycles. The Hall–Kier alpha value is -2.70. The third-order valence-corrected chi connectivity index (χ3v) is 4.32. The Balaban J connectivity index is 1.72. The third kappa shape index (κ3) is 3.45. The molecule has 0 bridgehead atoms. The maximum absolute atomic E-state index is 12.7. The van der Waals surface area contributed by atoms with Crippen LogP contribution >= 0.6 is 0 Å². The van der Waals surface area contributed by atoms with Gasteiger partial charge in [0.15, 0.2) is 0 Å². The smallest absolute Gasteiger partial charge is 0.325 e. The highest BCUT2D eigenvalue weighted by atomic mass is 16.4. The van der Waals surface area contributed by atoms with Crippen LogP contribution in [0.3, 0.4) is 0 Å². The van der Waals surface area contributed by atoms with Crippen LogP contribution in [0.4, 0.5) is 0 Å². The molecule has 1 N–H and O–H groups in total. The molecule has 7 nitrogen and oxygen atoms in total. The Labute approximate surface area is 139 Å². The van der Waals surface area contributed by atoms with Crippen LogP contribution in [-0.2, 0) is 11.3 Å². The number of carboxylic acid groups (broad SMARTS) is 1. The summed E-state index contributed by atoms with van der Waals surface area (Å²) >= 11 is 0. The molecule has 3 rings (SSSR count). The fourth-order valence-corrected chi connectivity index (χ4v) is 3.11. The van der Waals surface area contributed by atoms with Crippen molar-refractivity contribution in [3.05, 3.63) is 47.5 Å². The fourth-order valence-electron chi connectivity index (χ4n) is 3.11. The van der Waals surface area contributed by atoms with Crippen LogP contribution in [0.2, 0.25) is 0 Å². The van der Waals surface area contributed by atoms with Gasteiger partial charge in [-0.25, -0.2) is 0 Å². The standard InChI is InChI=1S/C17H20N4O3/c1-12-14(5-2-7-18-12)17(24)20-8-3-4-13(10-20)15-6-9-21(19-15)11-16(22)23/h2,5-7,9,13H,3-4,8,10-11H2,1H3,(H,22,23)/t13-/m1/s1. The molecule has 0 radical (unpaired) electrons. The molecule has 0 spiro atoms. The number of carbonyl (C=O) groups is 2. The predicted molar refractivity (Wildman–Crippen MR) is 86.7 cm³/mol. The van der Waals surface area contributed by atoms with Crippen molar-refractivity contribution >= 4 is 11.9 Å². The molecule has 1 amide bonds. The van der Waals surface area contributed by atoms with Crippen molar-refractivity contribution in [3.8, 4) is 0 Å². The quantitative estimate of drug-likeness (QED) is 0.922. The van der Waals surface area contributed by atoms with Crippen LogP contribution in [-0.4, -0.2) is 49.7 Å². The lowest BCUT2D eigenvalue weighted by atomic mass is 9.94. The van der Waals surface area contributed by atoms with Gasteiger partial charge in [0, 0.05) is 37.1 Å². The Morgan fingerprint density at radius 2 is 2.21 bits per heavy atom. The van der Waals surface area contributed by atoms with Crippen LogP contribution in [0.5, 0.6) is 0 Å². The first kappa shape index (κ1) is 16.2. The largest absolute Gasteiger partial charge is 0.480 e. The summed E-state index contributed by atoms with van der Waals surface area (Å²) in [7, 11) is 0. The van der Waals surface area contributed by atoms with Gasteiger partial charge >= 0.3 is 5.97 Å².